The summed E-state index contributed by atoms with van der Waals surface area (Å²) in [5.41, 5.74) is 7.96. The first-order valence-corrected chi connectivity index (χ1v) is 10.6. The highest BCUT2D eigenvalue weighted by Crippen LogP contribution is 2.36. The molecule has 0 aliphatic carbocycles. The predicted molar refractivity (Wildman–Crippen MR) is 119 cm³/mol. The normalized spacial score (nSPS) is 15.2. The Kier molecular flexibility index (Phi) is 4.76. The average Bonchev–Trinajstić information content (AvgIpc) is 3.48. The largest absolute Gasteiger partial charge is 0.477 e. The molecule has 0 saturated heterocycles. The number of fused-ring (bicyclic) bond motifs is 1. The maximum absolute atomic E-state index is 13.8. The lowest BCUT2D eigenvalue weighted by Gasteiger charge is -2.33. The molecule has 0 radical (unpaired) electrons. The average molecular weight is 430 g/mol. The van der Waals surface area contributed by atoms with Gasteiger partial charge in [0.15, 0.2) is 6.10 Å². The zero-order valence-corrected chi connectivity index (χ0v) is 17.2. The van der Waals surface area contributed by atoms with Gasteiger partial charge in [-0.25, -0.2) is 4.68 Å². The Labute approximate surface area is 182 Å². The van der Waals surface area contributed by atoms with E-state index < -0.39 is 12.0 Å². The lowest BCUT2D eigenvalue weighted by Crippen LogP contribution is -2.49. The number of carbonyl (C=O) groups excluding carboxylic acids is 2. The van der Waals surface area contributed by atoms with Gasteiger partial charge in [0.1, 0.15) is 11.4 Å². The number of hydrogen-bond acceptors (Lipinski definition) is 5. The second kappa shape index (κ2) is 7.73. The van der Waals surface area contributed by atoms with Crippen molar-refractivity contribution in [3.8, 4) is 22.0 Å². The SMILES string of the molecule is NC(=O)[C@H]1CN(C(=O)c2cn(-c3ccccc3)nc2-c2cccs2)c2ccccc2O1. The maximum Gasteiger partial charge on any atom is 0.262 e. The molecule has 7 nitrogen and oxygen atoms in total. The Hall–Kier alpha value is -3.91. The summed E-state index contributed by atoms with van der Waals surface area (Å²) in [5, 5.41) is 6.65. The van der Waals surface area contributed by atoms with E-state index in [0.29, 0.717) is 22.7 Å². The molecule has 0 fully saturated rings. The second-order valence-electron chi connectivity index (χ2n) is 7.04. The van der Waals surface area contributed by atoms with Gasteiger partial charge in [0.2, 0.25) is 0 Å². The molecule has 0 bridgehead atoms. The fourth-order valence-electron chi connectivity index (χ4n) is 3.56. The molecule has 1 aliphatic heterocycles. The van der Waals surface area contributed by atoms with Crippen molar-refractivity contribution in [1.29, 1.82) is 0 Å². The lowest BCUT2D eigenvalue weighted by atomic mass is 10.1. The summed E-state index contributed by atoms with van der Waals surface area (Å²) in [6.45, 7) is 0.0333. The molecule has 2 aromatic heterocycles. The monoisotopic (exact) mass is 430 g/mol. The fourth-order valence-corrected chi connectivity index (χ4v) is 4.28. The number of aromatic nitrogens is 2. The third-order valence-electron chi connectivity index (χ3n) is 5.06. The van der Waals surface area contributed by atoms with Crippen LogP contribution in [0.2, 0.25) is 0 Å². The number of carbonyl (C=O) groups is 2. The molecule has 4 aromatic rings. The highest BCUT2D eigenvalue weighted by Gasteiger charge is 2.35. The molecule has 5 rings (SSSR count). The van der Waals surface area contributed by atoms with Gasteiger partial charge in [-0.1, -0.05) is 36.4 Å². The van der Waals surface area contributed by atoms with Crippen LogP contribution in [-0.2, 0) is 4.79 Å². The van der Waals surface area contributed by atoms with Crippen LogP contribution in [0.1, 0.15) is 10.4 Å². The molecule has 154 valence electrons. The van der Waals surface area contributed by atoms with Gasteiger partial charge in [-0.2, -0.15) is 5.10 Å². The quantitative estimate of drug-likeness (QED) is 0.537. The molecule has 3 heterocycles. The molecule has 2 N–H and O–H groups in total. The van der Waals surface area contributed by atoms with Crippen LogP contribution in [0.5, 0.6) is 5.75 Å². The number of nitrogens with two attached hydrogens (primary N) is 1. The number of thiophene rings is 1. The van der Waals surface area contributed by atoms with Crippen LogP contribution < -0.4 is 15.4 Å². The molecule has 8 heteroatoms. The van der Waals surface area contributed by atoms with Gasteiger partial charge in [-0.3, -0.25) is 9.59 Å². The first-order chi connectivity index (χ1) is 15.1. The third kappa shape index (κ3) is 3.47. The molecule has 31 heavy (non-hydrogen) atoms. The molecule has 0 unspecified atom stereocenters. The van der Waals surface area contributed by atoms with Crippen molar-refractivity contribution in [2.75, 3.05) is 11.4 Å². The summed E-state index contributed by atoms with van der Waals surface area (Å²) in [6.07, 6.45) is 0.803. The Morgan fingerprint density at radius 1 is 1.03 bits per heavy atom. The van der Waals surface area contributed by atoms with E-state index in [-0.39, 0.29) is 12.5 Å². The molecule has 1 aliphatic rings. The van der Waals surface area contributed by atoms with Gasteiger partial charge in [0, 0.05) is 6.20 Å². The number of ether oxygens (including phenoxy) is 1. The number of nitrogens with zero attached hydrogens (tertiary/aromatic N) is 3. The minimum atomic E-state index is -0.923. The van der Waals surface area contributed by atoms with Crippen LogP contribution in [0.15, 0.2) is 78.3 Å². The van der Waals surface area contributed by atoms with Gasteiger partial charge in [-0.15, -0.1) is 11.3 Å². The Morgan fingerprint density at radius 3 is 2.55 bits per heavy atom. The van der Waals surface area contributed by atoms with Gasteiger partial charge >= 0.3 is 0 Å². The van der Waals surface area contributed by atoms with Crippen molar-refractivity contribution < 1.29 is 14.3 Å². The van der Waals surface area contributed by atoms with Crippen molar-refractivity contribution in [3.63, 3.8) is 0 Å². The minimum Gasteiger partial charge on any atom is -0.477 e. The van der Waals surface area contributed by atoms with Crippen LogP contribution in [0.4, 0.5) is 5.69 Å². The highest BCUT2D eigenvalue weighted by molar-refractivity contribution is 7.13. The second-order valence-corrected chi connectivity index (χ2v) is 7.99. The number of hydrogen-bond donors (Lipinski definition) is 1. The number of para-hydroxylation sites is 3. The van der Waals surface area contributed by atoms with Gasteiger partial charge in [0.05, 0.1) is 28.4 Å². The lowest BCUT2D eigenvalue weighted by molar-refractivity contribution is -0.124. The fraction of sp³-hybridized carbons (Fsp3) is 0.0870. The van der Waals surface area contributed by atoms with E-state index in [2.05, 4.69) is 0 Å². The van der Waals surface area contributed by atoms with E-state index in [1.807, 2.05) is 53.9 Å². The summed E-state index contributed by atoms with van der Waals surface area (Å²) in [7, 11) is 0. The first kappa shape index (κ1) is 19.1. The van der Waals surface area contributed by atoms with E-state index in [0.717, 1.165) is 10.6 Å². The van der Waals surface area contributed by atoms with Crippen LogP contribution in [-0.4, -0.2) is 34.2 Å². The number of rotatable bonds is 4. The summed E-state index contributed by atoms with van der Waals surface area (Å²) >= 11 is 1.51. The number of anilines is 1. The molecular weight excluding hydrogens is 412 g/mol. The van der Waals surface area contributed by atoms with Crippen molar-refractivity contribution in [3.05, 3.63) is 83.9 Å². The molecule has 1 atom stereocenters. The van der Waals surface area contributed by atoms with Crippen molar-refractivity contribution >= 4 is 28.8 Å². The van der Waals surface area contributed by atoms with E-state index in [4.69, 9.17) is 15.6 Å². The smallest absolute Gasteiger partial charge is 0.262 e. The Balaban J connectivity index is 1.62. The van der Waals surface area contributed by atoms with Crippen molar-refractivity contribution in [2.24, 2.45) is 5.73 Å². The van der Waals surface area contributed by atoms with Gasteiger partial charge < -0.3 is 15.4 Å². The Morgan fingerprint density at radius 2 is 1.81 bits per heavy atom. The number of benzene rings is 2. The zero-order valence-electron chi connectivity index (χ0n) is 16.3. The minimum absolute atomic E-state index is 0.0333. The number of amides is 2. The summed E-state index contributed by atoms with van der Waals surface area (Å²) in [5.74, 6) is -0.447. The Bertz CT molecular complexity index is 1250. The molecule has 2 aromatic carbocycles. The van der Waals surface area contributed by atoms with Crippen LogP contribution in [0, 0.1) is 0 Å². The van der Waals surface area contributed by atoms with E-state index in [1.54, 1.807) is 29.1 Å². The summed E-state index contributed by atoms with van der Waals surface area (Å²) in [4.78, 5) is 28.0. The highest BCUT2D eigenvalue weighted by atomic mass is 32.1. The van der Waals surface area contributed by atoms with Crippen molar-refractivity contribution in [2.45, 2.75) is 6.10 Å². The van der Waals surface area contributed by atoms with Crippen molar-refractivity contribution in [1.82, 2.24) is 9.78 Å². The van der Waals surface area contributed by atoms with Gasteiger partial charge in [0.25, 0.3) is 11.8 Å². The van der Waals surface area contributed by atoms with Gasteiger partial charge in [-0.05, 0) is 35.7 Å². The van der Waals surface area contributed by atoms with Crippen LogP contribution >= 0.6 is 11.3 Å². The number of primary amides is 1. The molecule has 0 spiro atoms. The zero-order chi connectivity index (χ0) is 21.4. The molecule has 2 amide bonds. The molecule has 0 saturated carbocycles. The third-order valence-corrected chi connectivity index (χ3v) is 5.93. The standard InChI is InChI=1S/C23H18N4O3S/c24-22(28)19-14-26(17-9-4-5-10-18(17)30-19)23(29)16-13-27(15-7-2-1-3-8-15)25-21(16)20-11-6-12-31-20/h1-13,19H,14H2,(H2,24,28)/t19-/m1/s1. The summed E-state index contributed by atoms with van der Waals surface area (Å²) < 4.78 is 7.39. The maximum atomic E-state index is 13.8. The first-order valence-electron chi connectivity index (χ1n) is 9.67. The molecular formula is C23H18N4O3S. The van der Waals surface area contributed by atoms with E-state index in [9.17, 15) is 9.59 Å². The summed E-state index contributed by atoms with van der Waals surface area (Å²) in [6, 6.07) is 20.6. The van der Waals surface area contributed by atoms with E-state index in [1.165, 1.54) is 16.2 Å². The predicted octanol–water partition coefficient (Wildman–Crippen LogP) is 3.49. The van der Waals surface area contributed by atoms with Crippen LogP contribution in [0.25, 0.3) is 16.3 Å². The van der Waals surface area contributed by atoms with Crippen LogP contribution in [0.3, 0.4) is 0 Å². The topological polar surface area (TPSA) is 90.5 Å². The van der Waals surface area contributed by atoms with E-state index >= 15 is 0 Å².